The summed E-state index contributed by atoms with van der Waals surface area (Å²) in [6.45, 7) is 3.18. The molecule has 0 aliphatic heterocycles. The number of hydrogen-bond donors (Lipinski definition) is 1. The maximum Gasteiger partial charge on any atom is 0.126 e. The van der Waals surface area contributed by atoms with Gasteiger partial charge in [0.2, 0.25) is 0 Å². The minimum atomic E-state index is -0.0659. The highest BCUT2D eigenvalue weighted by atomic mass is 79.9. The Bertz CT molecular complexity index is 392. The van der Waals surface area contributed by atoms with E-state index in [1.54, 1.807) is 12.1 Å². The second-order valence-electron chi connectivity index (χ2n) is 5.23. The minimum Gasteiger partial charge on any atom is -0.314 e. The predicted octanol–water partition coefficient (Wildman–Crippen LogP) is 4.30. The maximum atomic E-state index is 13.7. The smallest absolute Gasteiger partial charge is 0.126 e. The quantitative estimate of drug-likeness (QED) is 0.874. The van der Waals surface area contributed by atoms with Crippen molar-refractivity contribution < 1.29 is 4.39 Å². The summed E-state index contributed by atoms with van der Waals surface area (Å²) in [5.74, 6) is 0.551. The lowest BCUT2D eigenvalue weighted by molar-refractivity contribution is 0.285. The molecule has 0 bridgehead atoms. The van der Waals surface area contributed by atoms with Crippen LogP contribution < -0.4 is 5.32 Å². The zero-order chi connectivity index (χ0) is 13.0. The van der Waals surface area contributed by atoms with E-state index in [1.807, 2.05) is 6.07 Å². The Morgan fingerprint density at radius 1 is 1.39 bits per heavy atom. The molecule has 1 aliphatic carbocycles. The van der Waals surface area contributed by atoms with Crippen molar-refractivity contribution in [2.24, 2.45) is 5.92 Å². The van der Waals surface area contributed by atoms with E-state index in [4.69, 9.17) is 0 Å². The highest BCUT2D eigenvalue weighted by molar-refractivity contribution is 9.10. The molecule has 1 nitrogen and oxygen atoms in total. The molecule has 1 N–H and O–H groups in total. The van der Waals surface area contributed by atoms with Crippen LogP contribution in [0.2, 0.25) is 0 Å². The van der Waals surface area contributed by atoms with E-state index < -0.39 is 0 Å². The minimum absolute atomic E-state index is 0.0659. The second kappa shape index (κ2) is 6.67. The van der Waals surface area contributed by atoms with Crippen LogP contribution in [0, 0.1) is 11.7 Å². The lowest BCUT2D eigenvalue weighted by Crippen LogP contribution is -2.34. The summed E-state index contributed by atoms with van der Waals surface area (Å²) in [6.07, 6.45) is 5.81. The summed E-state index contributed by atoms with van der Waals surface area (Å²) in [4.78, 5) is 0. The first-order valence-corrected chi connectivity index (χ1v) is 7.65. The molecule has 0 aromatic heterocycles. The number of nitrogens with one attached hydrogen (secondary N) is 1. The molecule has 1 aromatic rings. The van der Waals surface area contributed by atoms with Gasteiger partial charge in [-0.3, -0.25) is 0 Å². The standard InChI is InChI=1S/C15H21BrFN/c1-2-18-14-5-3-4-11(9-14)8-12-10-13(16)6-7-15(12)17/h6-7,10-11,14,18H,2-5,8-9H2,1H3. The van der Waals surface area contributed by atoms with Crippen molar-refractivity contribution in [3.63, 3.8) is 0 Å². The summed E-state index contributed by atoms with van der Waals surface area (Å²) in [5.41, 5.74) is 0.853. The Hall–Kier alpha value is -0.410. The molecule has 2 atom stereocenters. The maximum absolute atomic E-state index is 13.7. The molecule has 18 heavy (non-hydrogen) atoms. The van der Waals surface area contributed by atoms with Gasteiger partial charge >= 0.3 is 0 Å². The fourth-order valence-corrected chi connectivity index (χ4v) is 3.37. The van der Waals surface area contributed by atoms with Gasteiger partial charge in [0.05, 0.1) is 0 Å². The van der Waals surface area contributed by atoms with Gasteiger partial charge in [-0.05, 0) is 55.5 Å². The van der Waals surface area contributed by atoms with Crippen LogP contribution in [0.4, 0.5) is 4.39 Å². The molecule has 0 saturated heterocycles. The third kappa shape index (κ3) is 3.79. The van der Waals surface area contributed by atoms with Gasteiger partial charge in [0.25, 0.3) is 0 Å². The van der Waals surface area contributed by atoms with Crippen molar-refractivity contribution in [3.05, 3.63) is 34.1 Å². The van der Waals surface area contributed by atoms with Crippen LogP contribution in [0.1, 0.15) is 38.2 Å². The van der Waals surface area contributed by atoms with Crippen LogP contribution in [0.3, 0.4) is 0 Å². The molecule has 0 amide bonds. The van der Waals surface area contributed by atoms with Crippen molar-refractivity contribution in [2.75, 3.05) is 6.54 Å². The van der Waals surface area contributed by atoms with Gasteiger partial charge in [0.1, 0.15) is 5.82 Å². The molecule has 0 spiro atoms. The second-order valence-corrected chi connectivity index (χ2v) is 6.14. The van der Waals surface area contributed by atoms with Gasteiger partial charge in [0.15, 0.2) is 0 Å². The monoisotopic (exact) mass is 313 g/mol. The van der Waals surface area contributed by atoms with Crippen LogP contribution in [0.15, 0.2) is 22.7 Å². The first kappa shape index (κ1) is 14.0. The summed E-state index contributed by atoms with van der Waals surface area (Å²) >= 11 is 3.42. The van der Waals surface area contributed by atoms with Gasteiger partial charge in [0, 0.05) is 10.5 Å². The molecule has 0 radical (unpaired) electrons. The number of benzene rings is 1. The number of hydrogen-bond acceptors (Lipinski definition) is 1. The predicted molar refractivity (Wildman–Crippen MR) is 77.2 cm³/mol. The number of rotatable bonds is 4. The third-order valence-corrected chi connectivity index (χ3v) is 4.29. The first-order valence-electron chi connectivity index (χ1n) is 6.86. The van der Waals surface area contributed by atoms with E-state index in [0.29, 0.717) is 12.0 Å². The Labute approximate surface area is 117 Å². The molecular formula is C15H21BrFN. The van der Waals surface area contributed by atoms with Crippen LogP contribution in [0.25, 0.3) is 0 Å². The topological polar surface area (TPSA) is 12.0 Å². The van der Waals surface area contributed by atoms with Crippen molar-refractivity contribution >= 4 is 15.9 Å². The Balaban J connectivity index is 1.98. The summed E-state index contributed by atoms with van der Waals surface area (Å²) < 4.78 is 14.7. The molecule has 1 fully saturated rings. The highest BCUT2D eigenvalue weighted by Crippen LogP contribution is 2.29. The molecule has 1 saturated carbocycles. The van der Waals surface area contributed by atoms with Gasteiger partial charge in [-0.2, -0.15) is 0 Å². The lowest BCUT2D eigenvalue weighted by Gasteiger charge is -2.29. The molecule has 2 rings (SSSR count). The molecule has 3 heteroatoms. The SMILES string of the molecule is CCNC1CCCC(Cc2cc(Br)ccc2F)C1. The van der Waals surface area contributed by atoms with Crippen LogP contribution in [-0.4, -0.2) is 12.6 Å². The first-order chi connectivity index (χ1) is 8.69. The highest BCUT2D eigenvalue weighted by Gasteiger charge is 2.22. The van der Waals surface area contributed by atoms with E-state index in [2.05, 4.69) is 28.2 Å². The van der Waals surface area contributed by atoms with E-state index >= 15 is 0 Å². The molecule has 0 heterocycles. The lowest BCUT2D eigenvalue weighted by atomic mass is 9.82. The zero-order valence-electron chi connectivity index (χ0n) is 10.9. The van der Waals surface area contributed by atoms with Gasteiger partial charge in [-0.15, -0.1) is 0 Å². The van der Waals surface area contributed by atoms with E-state index in [-0.39, 0.29) is 5.82 Å². The average Bonchev–Trinajstić information content (AvgIpc) is 2.35. The molecular weight excluding hydrogens is 293 g/mol. The van der Waals surface area contributed by atoms with Gasteiger partial charge in [-0.25, -0.2) is 4.39 Å². The Morgan fingerprint density at radius 2 is 2.22 bits per heavy atom. The van der Waals surface area contributed by atoms with Crippen molar-refractivity contribution in [3.8, 4) is 0 Å². The van der Waals surface area contributed by atoms with Crippen LogP contribution >= 0.6 is 15.9 Å². The van der Waals surface area contributed by atoms with E-state index in [9.17, 15) is 4.39 Å². The Morgan fingerprint density at radius 3 is 3.00 bits per heavy atom. The van der Waals surface area contributed by atoms with Crippen molar-refractivity contribution in [1.82, 2.24) is 5.32 Å². The Kier molecular flexibility index (Phi) is 5.19. The fraction of sp³-hybridized carbons (Fsp3) is 0.600. The van der Waals surface area contributed by atoms with E-state index in [0.717, 1.165) is 23.0 Å². The summed E-state index contributed by atoms with van der Waals surface area (Å²) in [7, 11) is 0. The molecule has 1 aliphatic rings. The van der Waals surface area contributed by atoms with Crippen LogP contribution in [-0.2, 0) is 6.42 Å². The largest absolute Gasteiger partial charge is 0.314 e. The summed E-state index contributed by atoms with van der Waals surface area (Å²) in [5, 5.41) is 3.52. The molecule has 100 valence electrons. The zero-order valence-corrected chi connectivity index (χ0v) is 12.5. The fourth-order valence-electron chi connectivity index (χ4n) is 2.96. The van der Waals surface area contributed by atoms with E-state index in [1.165, 1.54) is 25.7 Å². The van der Waals surface area contributed by atoms with Gasteiger partial charge < -0.3 is 5.32 Å². The molecule has 2 unspecified atom stereocenters. The van der Waals surface area contributed by atoms with Crippen LogP contribution in [0.5, 0.6) is 0 Å². The number of halogens is 2. The average molecular weight is 314 g/mol. The summed E-state index contributed by atoms with van der Waals surface area (Å²) in [6, 6.07) is 5.88. The third-order valence-electron chi connectivity index (χ3n) is 3.79. The van der Waals surface area contributed by atoms with Gasteiger partial charge in [-0.1, -0.05) is 35.7 Å². The van der Waals surface area contributed by atoms with Crippen molar-refractivity contribution in [1.29, 1.82) is 0 Å². The molecule has 1 aromatic carbocycles. The normalized spacial score (nSPS) is 24.2. The van der Waals surface area contributed by atoms with Crippen molar-refractivity contribution in [2.45, 2.75) is 45.1 Å².